The summed E-state index contributed by atoms with van der Waals surface area (Å²) < 4.78 is 6.49. The summed E-state index contributed by atoms with van der Waals surface area (Å²) in [5.74, 6) is 0.484. The Morgan fingerprint density at radius 1 is 1.42 bits per heavy atom. The third-order valence-electron chi connectivity index (χ3n) is 3.05. The van der Waals surface area contributed by atoms with Crippen molar-refractivity contribution in [1.29, 1.82) is 0 Å². The highest BCUT2D eigenvalue weighted by Gasteiger charge is 2.02. The van der Waals surface area contributed by atoms with Gasteiger partial charge in [-0.2, -0.15) is 0 Å². The van der Waals surface area contributed by atoms with E-state index in [1.54, 1.807) is 13.2 Å². The molecule has 19 heavy (non-hydrogen) atoms. The van der Waals surface area contributed by atoms with E-state index >= 15 is 0 Å². The molecule has 0 saturated carbocycles. The van der Waals surface area contributed by atoms with Crippen LogP contribution in [0.5, 0.6) is 5.88 Å². The first kappa shape index (κ1) is 15.7. The predicted octanol–water partition coefficient (Wildman–Crippen LogP) is 1.81. The second kappa shape index (κ2) is 8.69. The van der Waals surface area contributed by atoms with Crippen molar-refractivity contribution in [2.75, 3.05) is 13.7 Å². The van der Waals surface area contributed by atoms with Crippen molar-refractivity contribution in [3.63, 3.8) is 0 Å². The second-order valence-corrected chi connectivity index (χ2v) is 4.79. The highest BCUT2D eigenvalue weighted by molar-refractivity contribution is 5.05. The van der Waals surface area contributed by atoms with Crippen LogP contribution < -0.4 is 15.6 Å². The molecule has 0 aliphatic heterocycles. The zero-order valence-electron chi connectivity index (χ0n) is 12.2. The first-order valence-corrected chi connectivity index (χ1v) is 7.03. The largest absolute Gasteiger partial charge is 0.480 e. The molecular weight excluding hydrogens is 242 g/mol. The van der Waals surface area contributed by atoms with E-state index in [0.717, 1.165) is 32.2 Å². The maximum Gasteiger partial charge on any atom is 0.266 e. The molecule has 1 heterocycles. The third kappa shape index (κ3) is 5.87. The van der Waals surface area contributed by atoms with Crippen LogP contribution in [-0.4, -0.2) is 29.5 Å². The van der Waals surface area contributed by atoms with E-state index in [2.05, 4.69) is 24.3 Å². The summed E-state index contributed by atoms with van der Waals surface area (Å²) >= 11 is 0. The molecule has 108 valence electrons. The fourth-order valence-corrected chi connectivity index (χ4v) is 1.90. The van der Waals surface area contributed by atoms with Gasteiger partial charge in [-0.05, 0) is 32.7 Å². The van der Waals surface area contributed by atoms with E-state index in [-0.39, 0.29) is 5.56 Å². The van der Waals surface area contributed by atoms with Gasteiger partial charge in [-0.3, -0.25) is 4.79 Å². The van der Waals surface area contributed by atoms with Crippen LogP contribution in [0.2, 0.25) is 0 Å². The molecule has 0 saturated heterocycles. The van der Waals surface area contributed by atoms with Crippen molar-refractivity contribution in [1.82, 2.24) is 15.1 Å². The lowest BCUT2D eigenvalue weighted by atomic mass is 10.1. The number of nitrogens with zero attached hydrogens (tertiary/aromatic N) is 2. The SMILES string of the molecule is CCCNC(C)CCCCn1nc(OC)ccc1=O. The van der Waals surface area contributed by atoms with Crippen molar-refractivity contribution in [3.05, 3.63) is 22.5 Å². The van der Waals surface area contributed by atoms with Gasteiger partial charge < -0.3 is 10.1 Å². The van der Waals surface area contributed by atoms with Crippen LogP contribution in [0.3, 0.4) is 0 Å². The van der Waals surface area contributed by atoms with Crippen LogP contribution in [0.4, 0.5) is 0 Å². The monoisotopic (exact) mass is 267 g/mol. The van der Waals surface area contributed by atoms with Crippen molar-refractivity contribution < 1.29 is 4.74 Å². The van der Waals surface area contributed by atoms with Crippen LogP contribution in [0.1, 0.15) is 39.5 Å². The van der Waals surface area contributed by atoms with Crippen LogP contribution >= 0.6 is 0 Å². The summed E-state index contributed by atoms with van der Waals surface area (Å²) in [7, 11) is 1.55. The van der Waals surface area contributed by atoms with Crippen LogP contribution in [0, 0.1) is 0 Å². The standard InChI is InChI=1S/C14H25N3O2/c1-4-10-15-12(2)7-5-6-11-17-14(18)9-8-13(16-17)19-3/h8-9,12,15H,4-7,10-11H2,1-3H3. The minimum Gasteiger partial charge on any atom is -0.480 e. The summed E-state index contributed by atoms with van der Waals surface area (Å²) in [6.07, 6.45) is 4.33. The number of ether oxygens (including phenoxy) is 1. The summed E-state index contributed by atoms with van der Waals surface area (Å²) in [5.41, 5.74) is -0.0713. The Labute approximate surface area is 115 Å². The average molecular weight is 267 g/mol. The molecule has 0 aliphatic carbocycles. The Hall–Kier alpha value is -1.36. The second-order valence-electron chi connectivity index (χ2n) is 4.79. The third-order valence-corrected chi connectivity index (χ3v) is 3.05. The van der Waals surface area contributed by atoms with Crippen molar-refractivity contribution in [2.45, 2.75) is 52.1 Å². The van der Waals surface area contributed by atoms with E-state index in [9.17, 15) is 4.79 Å². The zero-order valence-corrected chi connectivity index (χ0v) is 12.2. The molecule has 1 N–H and O–H groups in total. The molecule has 0 radical (unpaired) electrons. The Morgan fingerprint density at radius 2 is 2.21 bits per heavy atom. The molecule has 1 unspecified atom stereocenters. The van der Waals surface area contributed by atoms with E-state index in [4.69, 9.17) is 4.74 Å². The fraction of sp³-hybridized carbons (Fsp3) is 0.714. The minimum absolute atomic E-state index is 0.0713. The normalized spacial score (nSPS) is 12.4. The van der Waals surface area contributed by atoms with Crippen LogP contribution in [0.15, 0.2) is 16.9 Å². The van der Waals surface area contributed by atoms with Gasteiger partial charge in [-0.15, -0.1) is 5.10 Å². The van der Waals surface area contributed by atoms with Crippen LogP contribution in [-0.2, 0) is 6.54 Å². The quantitative estimate of drug-likeness (QED) is 0.693. The first-order valence-electron chi connectivity index (χ1n) is 7.03. The van der Waals surface area contributed by atoms with Crippen LogP contribution in [0.25, 0.3) is 0 Å². The smallest absolute Gasteiger partial charge is 0.266 e. The average Bonchev–Trinajstić information content (AvgIpc) is 2.43. The summed E-state index contributed by atoms with van der Waals surface area (Å²) in [5, 5.41) is 7.58. The Bertz CT molecular complexity index is 417. The molecule has 1 aromatic rings. The molecule has 0 aliphatic rings. The molecule has 0 amide bonds. The van der Waals surface area contributed by atoms with E-state index in [0.29, 0.717) is 18.5 Å². The molecule has 1 rings (SSSR count). The lowest BCUT2D eigenvalue weighted by molar-refractivity contribution is 0.371. The number of unbranched alkanes of at least 4 members (excludes halogenated alkanes) is 1. The van der Waals surface area contributed by atoms with E-state index in [1.165, 1.54) is 10.7 Å². The topological polar surface area (TPSA) is 56.1 Å². The molecular formula is C14H25N3O2. The summed E-state index contributed by atoms with van der Waals surface area (Å²) in [6, 6.07) is 3.63. The number of nitrogens with one attached hydrogen (secondary N) is 1. The number of aryl methyl sites for hydroxylation is 1. The maximum absolute atomic E-state index is 11.6. The molecule has 0 fully saturated rings. The number of rotatable bonds is 9. The van der Waals surface area contributed by atoms with Crippen molar-refractivity contribution in [3.8, 4) is 5.88 Å². The van der Waals surface area contributed by atoms with Gasteiger partial charge in [-0.25, -0.2) is 4.68 Å². The lowest BCUT2D eigenvalue weighted by Crippen LogP contribution is -2.27. The van der Waals surface area contributed by atoms with Gasteiger partial charge in [0.25, 0.3) is 5.56 Å². The molecule has 1 aromatic heterocycles. The molecule has 5 heteroatoms. The van der Waals surface area contributed by atoms with Gasteiger partial charge >= 0.3 is 0 Å². The van der Waals surface area contributed by atoms with Gasteiger partial charge in [0.05, 0.1) is 7.11 Å². The van der Waals surface area contributed by atoms with Gasteiger partial charge in [-0.1, -0.05) is 13.3 Å². The van der Waals surface area contributed by atoms with E-state index < -0.39 is 0 Å². The lowest BCUT2D eigenvalue weighted by Gasteiger charge is -2.12. The van der Waals surface area contributed by atoms with Gasteiger partial charge in [0, 0.05) is 24.7 Å². The molecule has 5 nitrogen and oxygen atoms in total. The highest BCUT2D eigenvalue weighted by Crippen LogP contribution is 2.04. The number of aromatic nitrogens is 2. The minimum atomic E-state index is -0.0713. The summed E-state index contributed by atoms with van der Waals surface area (Å²) in [6.45, 7) is 6.08. The Morgan fingerprint density at radius 3 is 2.89 bits per heavy atom. The van der Waals surface area contributed by atoms with Gasteiger partial charge in [0.15, 0.2) is 0 Å². The first-order chi connectivity index (χ1) is 9.17. The summed E-state index contributed by atoms with van der Waals surface area (Å²) in [4.78, 5) is 11.6. The van der Waals surface area contributed by atoms with Crippen molar-refractivity contribution >= 4 is 0 Å². The Kier molecular flexibility index (Phi) is 7.18. The van der Waals surface area contributed by atoms with E-state index in [1.807, 2.05) is 0 Å². The molecule has 0 aromatic carbocycles. The maximum atomic E-state index is 11.6. The van der Waals surface area contributed by atoms with Crippen molar-refractivity contribution in [2.24, 2.45) is 0 Å². The number of hydrogen-bond donors (Lipinski definition) is 1. The molecule has 0 spiro atoms. The number of methoxy groups -OCH3 is 1. The molecule has 1 atom stereocenters. The predicted molar refractivity (Wildman–Crippen MR) is 76.7 cm³/mol. The van der Waals surface area contributed by atoms with Gasteiger partial charge in [0.1, 0.15) is 0 Å². The van der Waals surface area contributed by atoms with Gasteiger partial charge in [0.2, 0.25) is 5.88 Å². The fourth-order valence-electron chi connectivity index (χ4n) is 1.90. The highest BCUT2D eigenvalue weighted by atomic mass is 16.5. The Balaban J connectivity index is 2.31. The number of hydrogen-bond acceptors (Lipinski definition) is 4. The molecule has 0 bridgehead atoms. The zero-order chi connectivity index (χ0) is 14.1.